The maximum absolute atomic E-state index is 13.7. The van der Waals surface area contributed by atoms with Gasteiger partial charge in [0.05, 0.1) is 15.5 Å². The smallest absolute Gasteiger partial charge is 0.352 e. The van der Waals surface area contributed by atoms with Gasteiger partial charge in [0.25, 0.3) is 0 Å². The van der Waals surface area contributed by atoms with Crippen molar-refractivity contribution in [2.45, 2.75) is 10.6 Å². The van der Waals surface area contributed by atoms with Gasteiger partial charge < -0.3 is 10.1 Å². The van der Waals surface area contributed by atoms with Gasteiger partial charge in [0.15, 0.2) is 15.5 Å². The standard InChI is InChI=1S/C20H13ClFN3O4S/c21-14-10-17(13-5-4-6-15(22)9-13)19-23-18(20(25(26)27)24(19)11-14)12-30(28,29)16-7-2-1-3-8-16/h1-11H,12H2. The first-order valence-corrected chi connectivity index (χ1v) is 10.7. The average Bonchev–Trinajstić information content (AvgIpc) is 3.05. The molecule has 2 aromatic heterocycles. The van der Waals surface area contributed by atoms with Gasteiger partial charge in [0, 0.05) is 0 Å². The number of sulfone groups is 1. The third-order valence-corrected chi connectivity index (χ3v) is 6.32. The summed E-state index contributed by atoms with van der Waals surface area (Å²) < 4.78 is 40.4. The second-order valence-electron chi connectivity index (χ2n) is 6.49. The molecule has 0 aliphatic rings. The highest BCUT2D eigenvalue weighted by molar-refractivity contribution is 7.90. The Kier molecular flexibility index (Phi) is 5.00. The van der Waals surface area contributed by atoms with Crippen molar-refractivity contribution in [3.05, 3.63) is 93.5 Å². The topological polar surface area (TPSA) is 94.6 Å². The van der Waals surface area contributed by atoms with Crippen LogP contribution in [0.5, 0.6) is 0 Å². The zero-order chi connectivity index (χ0) is 21.5. The summed E-state index contributed by atoms with van der Waals surface area (Å²) in [6.45, 7) is 0. The Balaban J connectivity index is 1.94. The van der Waals surface area contributed by atoms with Crippen molar-refractivity contribution in [3.8, 4) is 11.1 Å². The highest BCUT2D eigenvalue weighted by atomic mass is 35.5. The molecular weight excluding hydrogens is 433 g/mol. The van der Waals surface area contributed by atoms with Gasteiger partial charge in [0.2, 0.25) is 5.65 Å². The fourth-order valence-corrected chi connectivity index (χ4v) is 4.69. The molecule has 2 aromatic carbocycles. The lowest BCUT2D eigenvalue weighted by Gasteiger charge is -2.03. The predicted molar refractivity (Wildman–Crippen MR) is 110 cm³/mol. The highest BCUT2D eigenvalue weighted by Gasteiger charge is 2.30. The van der Waals surface area contributed by atoms with E-state index in [1.165, 1.54) is 42.6 Å². The van der Waals surface area contributed by atoms with Gasteiger partial charge in [-0.2, -0.15) is 4.40 Å². The number of nitro groups is 1. The molecule has 4 aromatic rings. The molecule has 0 atom stereocenters. The summed E-state index contributed by atoms with van der Waals surface area (Å²) in [6.07, 6.45) is 1.28. The second kappa shape index (κ2) is 7.51. The zero-order valence-electron chi connectivity index (χ0n) is 15.2. The fourth-order valence-electron chi connectivity index (χ4n) is 3.20. The minimum absolute atomic E-state index is 0.0275. The average molecular weight is 446 g/mol. The van der Waals surface area contributed by atoms with Crippen LogP contribution < -0.4 is 0 Å². The van der Waals surface area contributed by atoms with Gasteiger partial charge in [-0.3, -0.25) is 0 Å². The number of benzene rings is 2. The summed E-state index contributed by atoms with van der Waals surface area (Å²) >= 11 is 6.15. The molecule has 0 N–H and O–H groups in total. The minimum atomic E-state index is -3.88. The molecule has 0 radical (unpaired) electrons. The van der Waals surface area contributed by atoms with Gasteiger partial charge in [0.1, 0.15) is 17.8 Å². The number of nitrogens with zero attached hydrogens (tertiary/aromatic N) is 3. The SMILES string of the molecule is O=[N+]([O-])c1c(CS(=O)(=O)c2ccccc2)nc2c(-c3cccc(F)c3)cc(Cl)cn12. The number of aromatic nitrogens is 2. The number of hydrogen-bond acceptors (Lipinski definition) is 5. The lowest BCUT2D eigenvalue weighted by atomic mass is 10.1. The Bertz CT molecular complexity index is 1390. The summed E-state index contributed by atoms with van der Waals surface area (Å²) in [4.78, 5) is 15.4. The second-order valence-corrected chi connectivity index (χ2v) is 8.91. The molecule has 0 saturated carbocycles. The van der Waals surface area contributed by atoms with Crippen LogP contribution in [0.3, 0.4) is 0 Å². The molecule has 0 amide bonds. The van der Waals surface area contributed by atoms with E-state index >= 15 is 0 Å². The number of halogens is 2. The Labute approximate surface area is 175 Å². The lowest BCUT2D eigenvalue weighted by Crippen LogP contribution is -2.07. The van der Waals surface area contributed by atoms with Crippen molar-refractivity contribution in [1.29, 1.82) is 0 Å². The van der Waals surface area contributed by atoms with Crippen molar-refractivity contribution < 1.29 is 17.7 Å². The summed E-state index contributed by atoms with van der Waals surface area (Å²) in [7, 11) is -3.88. The van der Waals surface area contributed by atoms with Gasteiger partial charge >= 0.3 is 5.82 Å². The zero-order valence-corrected chi connectivity index (χ0v) is 16.8. The van der Waals surface area contributed by atoms with Gasteiger partial charge in [-0.05, 0) is 40.8 Å². The molecule has 0 aliphatic carbocycles. The first-order valence-electron chi connectivity index (χ1n) is 8.65. The summed E-state index contributed by atoms with van der Waals surface area (Å²) in [5, 5.41) is 11.9. The molecule has 0 saturated heterocycles. The number of pyridine rings is 1. The van der Waals surface area contributed by atoms with Crippen LogP contribution in [-0.4, -0.2) is 22.7 Å². The van der Waals surface area contributed by atoms with Crippen LogP contribution in [0.4, 0.5) is 10.2 Å². The molecule has 152 valence electrons. The number of hydrogen-bond donors (Lipinski definition) is 0. The molecule has 30 heavy (non-hydrogen) atoms. The lowest BCUT2D eigenvalue weighted by molar-refractivity contribution is -0.391. The largest absolute Gasteiger partial charge is 0.358 e. The van der Waals surface area contributed by atoms with Crippen molar-refractivity contribution >= 4 is 32.9 Å². The number of rotatable bonds is 5. The van der Waals surface area contributed by atoms with Crippen LogP contribution >= 0.6 is 11.6 Å². The Morgan fingerprint density at radius 2 is 1.83 bits per heavy atom. The van der Waals surface area contributed by atoms with E-state index in [9.17, 15) is 22.9 Å². The fraction of sp³-hybridized carbons (Fsp3) is 0.0500. The maximum Gasteiger partial charge on any atom is 0.352 e. The van der Waals surface area contributed by atoms with E-state index < -0.39 is 32.1 Å². The Morgan fingerprint density at radius 3 is 2.50 bits per heavy atom. The van der Waals surface area contributed by atoms with E-state index in [1.54, 1.807) is 24.3 Å². The minimum Gasteiger partial charge on any atom is -0.358 e. The van der Waals surface area contributed by atoms with Crippen LogP contribution in [0.1, 0.15) is 5.69 Å². The van der Waals surface area contributed by atoms with Crippen molar-refractivity contribution in [2.75, 3.05) is 0 Å². The van der Waals surface area contributed by atoms with Crippen molar-refractivity contribution in [1.82, 2.24) is 9.38 Å². The summed E-state index contributed by atoms with van der Waals surface area (Å²) in [6, 6.07) is 14.7. The van der Waals surface area contributed by atoms with Crippen LogP contribution in [0, 0.1) is 15.9 Å². The monoisotopic (exact) mass is 445 g/mol. The summed E-state index contributed by atoms with van der Waals surface area (Å²) in [5.74, 6) is -1.68. The van der Waals surface area contributed by atoms with Crippen molar-refractivity contribution in [3.63, 3.8) is 0 Å². The van der Waals surface area contributed by atoms with Crippen LogP contribution in [0.2, 0.25) is 5.02 Å². The van der Waals surface area contributed by atoms with E-state index in [1.807, 2.05) is 0 Å². The first kappa shape index (κ1) is 20.0. The van der Waals surface area contributed by atoms with E-state index in [0.29, 0.717) is 11.1 Å². The Hall–Kier alpha value is -3.30. The third kappa shape index (κ3) is 3.64. The van der Waals surface area contributed by atoms with Crippen LogP contribution in [0.15, 0.2) is 71.8 Å². The summed E-state index contributed by atoms with van der Waals surface area (Å²) in [5.41, 5.74) is 0.618. The van der Waals surface area contributed by atoms with Gasteiger partial charge in [-0.25, -0.2) is 17.8 Å². The molecule has 4 rings (SSSR count). The van der Waals surface area contributed by atoms with Crippen LogP contribution in [-0.2, 0) is 15.6 Å². The highest BCUT2D eigenvalue weighted by Crippen LogP contribution is 2.33. The van der Waals surface area contributed by atoms with Gasteiger partial charge in [-0.15, -0.1) is 0 Å². The molecule has 2 heterocycles. The van der Waals surface area contributed by atoms with Gasteiger partial charge in [-0.1, -0.05) is 41.9 Å². The molecule has 0 fully saturated rings. The Morgan fingerprint density at radius 1 is 1.10 bits per heavy atom. The number of imidazole rings is 1. The predicted octanol–water partition coefficient (Wildman–Crippen LogP) is 4.68. The van der Waals surface area contributed by atoms with E-state index in [2.05, 4.69) is 4.98 Å². The molecule has 0 spiro atoms. The third-order valence-electron chi connectivity index (χ3n) is 4.47. The van der Waals surface area contributed by atoms with E-state index in [4.69, 9.17) is 11.6 Å². The van der Waals surface area contributed by atoms with Crippen molar-refractivity contribution in [2.24, 2.45) is 0 Å². The molecule has 0 aliphatic heterocycles. The molecule has 0 bridgehead atoms. The molecule has 7 nitrogen and oxygen atoms in total. The molecular formula is C20H13ClFN3O4S. The first-order chi connectivity index (χ1) is 14.3. The quantitative estimate of drug-likeness (QED) is 0.328. The van der Waals surface area contributed by atoms with E-state index in [-0.39, 0.29) is 21.3 Å². The number of fused-ring (bicyclic) bond motifs is 1. The van der Waals surface area contributed by atoms with Crippen LogP contribution in [0.25, 0.3) is 16.8 Å². The maximum atomic E-state index is 13.7. The normalized spacial score (nSPS) is 11.7. The van der Waals surface area contributed by atoms with E-state index in [0.717, 1.165) is 4.40 Å². The molecule has 10 heteroatoms. The molecule has 0 unspecified atom stereocenters.